The zero-order valence-electron chi connectivity index (χ0n) is 53.8. The predicted octanol–water partition coefficient (Wildman–Crippen LogP) is -0.964. The van der Waals surface area contributed by atoms with Gasteiger partial charge in [0.15, 0.2) is 36.2 Å². The maximum Gasteiger partial charge on any atom is 0.330 e. The Morgan fingerprint density at radius 1 is 0.703 bits per heavy atom. The third-order valence-corrected chi connectivity index (χ3v) is 18.1. The van der Waals surface area contributed by atoms with Gasteiger partial charge in [0.1, 0.15) is 95.6 Å². The quantitative estimate of drug-likeness (QED) is 0.0675. The Bertz CT molecular complexity index is 4080. The number of carbonyl (C=O) groups is 8. The van der Waals surface area contributed by atoms with Crippen molar-refractivity contribution in [3.05, 3.63) is 117 Å². The molecule has 2 fully saturated rings. The maximum atomic E-state index is 16.0. The van der Waals surface area contributed by atoms with Crippen molar-refractivity contribution in [3.8, 4) is 57.1 Å². The van der Waals surface area contributed by atoms with Crippen LogP contribution in [0.15, 0.2) is 78.9 Å². The molecule has 11 bridgehead atoms. The van der Waals surface area contributed by atoms with Gasteiger partial charge < -0.3 is 133 Å². The predicted molar refractivity (Wildman–Crippen MR) is 346 cm³/mol. The number of aliphatic hydroxyl groups is 7. The molecule has 36 heteroatoms. The van der Waals surface area contributed by atoms with Crippen LogP contribution in [0.1, 0.15) is 98.2 Å². The van der Waals surface area contributed by atoms with Crippen LogP contribution in [0, 0.1) is 5.92 Å². The Hall–Kier alpha value is -9.24. The summed E-state index contributed by atoms with van der Waals surface area (Å²) in [7, 11) is 1.46. The second-order valence-electron chi connectivity index (χ2n) is 25.4. The van der Waals surface area contributed by atoms with E-state index in [4.69, 9.17) is 63.1 Å². The minimum Gasteiger partial charge on any atom is -0.508 e. The fourth-order valence-corrected chi connectivity index (χ4v) is 12.7. The number of hydrogen-bond acceptors (Lipinski definition) is 26. The molecule has 7 aliphatic heterocycles. The number of phenols is 3. The van der Waals surface area contributed by atoms with Gasteiger partial charge in [-0.25, -0.2) is 4.79 Å². The van der Waals surface area contributed by atoms with Crippen molar-refractivity contribution >= 4 is 70.5 Å². The van der Waals surface area contributed by atoms with Crippen molar-refractivity contribution in [1.82, 2.24) is 37.2 Å². The molecule has 0 spiro atoms. The van der Waals surface area contributed by atoms with Gasteiger partial charge in [0.25, 0.3) is 0 Å². The van der Waals surface area contributed by atoms with E-state index in [9.17, 15) is 80.1 Å². The SMILES string of the molecule is CN[C@H](CC(C)C)C(=O)N[C@H]1C(=O)N[C@@H](CC(N)=O)C(=O)N[C@H]2C(=O)N[C@H]3C(=O)N[C@H](C(=O)N[C@H](C(=O)O)c4cc(O)cc(O)c4-c4cc3ccc4O)[C@H](O)c3ccc(c(Cl)c3)Oc3cc2cc(c3OC2OC(CO)C(O)C(O)C2OC2CC(C)(N)C(O)C(O)O2)Oc2ccc(cc2Cl)[C@H]1O. The van der Waals surface area contributed by atoms with Gasteiger partial charge in [0, 0.05) is 34.7 Å². The molecule has 0 aromatic heterocycles. The molecule has 7 heterocycles. The highest BCUT2D eigenvalue weighted by atomic mass is 35.5. The lowest BCUT2D eigenvalue weighted by Gasteiger charge is -2.46. The molecule has 5 aromatic rings. The molecule has 542 valence electrons. The molecule has 34 nitrogen and oxygen atoms in total. The largest absolute Gasteiger partial charge is 0.508 e. The minimum absolute atomic E-state index is 0.106. The summed E-state index contributed by atoms with van der Waals surface area (Å²) in [5, 5.41) is 141. The van der Waals surface area contributed by atoms with Crippen LogP contribution in [0.5, 0.6) is 46.0 Å². The lowest BCUT2D eigenvalue weighted by Crippen LogP contribution is -2.65. The second kappa shape index (κ2) is 30.1. The summed E-state index contributed by atoms with van der Waals surface area (Å²) in [5.41, 5.74) is 7.48. The monoisotopic (exact) mass is 1450 g/mol. The molecular weight excluding hydrogens is 1380 g/mol. The molecule has 12 rings (SSSR count). The number of nitrogens with two attached hydrogens (primary N) is 2. The van der Waals surface area contributed by atoms with Gasteiger partial charge in [0.2, 0.25) is 53.4 Å². The second-order valence-corrected chi connectivity index (χ2v) is 26.2. The van der Waals surface area contributed by atoms with Crippen LogP contribution >= 0.6 is 23.2 Å². The number of phenolic OH excluding ortho intramolecular Hbond substituents is 3. The van der Waals surface area contributed by atoms with E-state index >= 15 is 14.4 Å². The summed E-state index contributed by atoms with van der Waals surface area (Å²) in [6.45, 7) is 3.95. The van der Waals surface area contributed by atoms with E-state index in [1.165, 1.54) is 20.0 Å². The Balaban J connectivity index is 1.24. The average Bonchev–Trinajstić information content (AvgIpc) is 0.775. The van der Waals surface area contributed by atoms with Crippen molar-refractivity contribution in [3.63, 3.8) is 0 Å². The third-order valence-electron chi connectivity index (χ3n) is 17.5. The number of carboxylic acid groups (broad SMARTS) is 1. The number of hydrogen-bond donors (Lipinski definition) is 20. The lowest BCUT2D eigenvalue weighted by molar-refractivity contribution is -0.354. The van der Waals surface area contributed by atoms with E-state index in [-0.39, 0.29) is 39.8 Å². The highest BCUT2D eigenvalue weighted by Gasteiger charge is 2.52. The van der Waals surface area contributed by atoms with E-state index in [2.05, 4.69) is 37.2 Å². The zero-order chi connectivity index (χ0) is 73.5. The molecule has 2 saturated heterocycles. The van der Waals surface area contributed by atoms with Crippen LogP contribution in [0.2, 0.25) is 10.0 Å². The van der Waals surface area contributed by atoms with Crippen molar-refractivity contribution in [2.45, 2.75) is 149 Å². The van der Waals surface area contributed by atoms with Gasteiger partial charge in [-0.2, -0.15) is 0 Å². The van der Waals surface area contributed by atoms with Crippen LogP contribution in [-0.4, -0.2) is 196 Å². The van der Waals surface area contributed by atoms with E-state index in [1.807, 2.05) is 13.8 Å². The first kappa shape index (κ1) is 74.5. The number of rotatable bonds is 13. The van der Waals surface area contributed by atoms with Crippen LogP contribution in [0.4, 0.5) is 0 Å². The van der Waals surface area contributed by atoms with Gasteiger partial charge in [-0.3, -0.25) is 33.6 Å². The summed E-state index contributed by atoms with van der Waals surface area (Å²) < 4.78 is 37.5. The number of aromatic hydroxyl groups is 3. The molecule has 9 unspecified atom stereocenters. The number of halogens is 2. The molecule has 18 atom stereocenters. The molecule has 0 aliphatic carbocycles. The number of fused-ring (bicyclic) bond motifs is 15. The number of aliphatic carboxylic acids is 1. The van der Waals surface area contributed by atoms with Crippen LogP contribution in [-0.2, 0) is 52.6 Å². The molecule has 7 aliphatic rings. The topological polar surface area (TPSA) is 551 Å². The number of carboxylic acids is 1. The lowest BCUT2D eigenvalue weighted by atomic mass is 9.89. The number of nitrogens with one attached hydrogen (secondary N) is 7. The van der Waals surface area contributed by atoms with Crippen molar-refractivity contribution in [2.24, 2.45) is 17.4 Å². The van der Waals surface area contributed by atoms with Crippen LogP contribution < -0.4 is 62.9 Å². The van der Waals surface area contributed by atoms with Crippen LogP contribution in [0.3, 0.4) is 0 Å². The molecule has 22 N–H and O–H groups in total. The summed E-state index contributed by atoms with van der Waals surface area (Å²) in [5.74, 6) is -16.3. The van der Waals surface area contributed by atoms with E-state index in [0.29, 0.717) is 0 Å². The number of primary amides is 1. The number of likely N-dealkylation sites (N-methyl/N-ethyl adjacent to an activating group) is 1. The fraction of sp³-hybridized carbons (Fsp3) is 0.415. The Kier molecular flexibility index (Phi) is 22.2. The normalized spacial score (nSPS) is 29.4. The summed E-state index contributed by atoms with van der Waals surface area (Å²) in [4.78, 5) is 117. The molecular formula is C65H73Cl2N9O25. The fourth-order valence-electron chi connectivity index (χ4n) is 12.2. The number of ether oxygens (including phenoxy) is 6. The number of benzene rings is 5. The van der Waals surface area contributed by atoms with Gasteiger partial charge in [-0.15, -0.1) is 0 Å². The van der Waals surface area contributed by atoms with Gasteiger partial charge in [-0.05, 0) is 103 Å². The first-order valence-corrected chi connectivity index (χ1v) is 32.1. The molecule has 0 saturated carbocycles. The molecule has 5 aromatic carbocycles. The van der Waals surface area contributed by atoms with Crippen LogP contribution in [0.25, 0.3) is 11.1 Å². The van der Waals surface area contributed by atoms with Crippen molar-refractivity contribution in [2.75, 3.05) is 13.7 Å². The van der Waals surface area contributed by atoms with Gasteiger partial charge >= 0.3 is 5.97 Å². The Morgan fingerprint density at radius 3 is 1.89 bits per heavy atom. The smallest absolute Gasteiger partial charge is 0.330 e. The number of carbonyl (C=O) groups excluding carboxylic acids is 7. The first-order valence-electron chi connectivity index (χ1n) is 31.3. The maximum absolute atomic E-state index is 16.0. The number of amides is 7. The Morgan fingerprint density at radius 2 is 1.31 bits per heavy atom. The zero-order valence-corrected chi connectivity index (χ0v) is 55.3. The Labute approximate surface area is 582 Å². The molecule has 7 amide bonds. The van der Waals surface area contributed by atoms with Gasteiger partial charge in [0.05, 0.1) is 29.1 Å². The van der Waals surface area contributed by atoms with E-state index < -0.39 is 244 Å². The third kappa shape index (κ3) is 15.8. The highest BCUT2D eigenvalue weighted by Crippen LogP contribution is 2.50. The summed E-state index contributed by atoms with van der Waals surface area (Å²) in [6.07, 6.45) is -20.8. The molecule has 0 radical (unpaired) electrons. The standard InChI is InChI=1S/C65H73Cl2N9O25/c1-22(2)11-32(70-4)56(87)75-47-49(82)24-6-9-36(30(66)13-24)96-38-15-26-16-39(53(38)101-64-54(52(85)51(84)40(21-77)98-64)99-42-20-65(3,69)55(86)63(95)100-42)97-37-10-7-25(14-31(37)67)50(83)48-61(92)74-46(62(93)94)29-17-27(78)18-35(80)43(29)28-12-23(5-8-34(28)79)44(58(89)76-48)73-59(90)45(26)72-57(88)33(19-41(68)81)71-60(47)91/h5-10,12-18,22,32-33,40,42,44-52,54-55,63-64,70,77-80,82-86,95H,11,19-21,69H2,1-4H3,(H2,68,81)(H,71,91)(H,72,88)(H,73,90)(H,74,92)(H,75,87)(H,76,89)(H,93,94)/t32-,33+,40?,42?,44-,45-,46+,47-,48+,49-,50-,51?,52?,54?,55?,63?,64?,65?/m1/s1. The van der Waals surface area contributed by atoms with Crippen molar-refractivity contribution in [1.29, 1.82) is 0 Å². The summed E-state index contributed by atoms with van der Waals surface area (Å²) in [6, 6.07) is -1.03. The van der Waals surface area contributed by atoms with E-state index in [1.54, 1.807) is 0 Å². The van der Waals surface area contributed by atoms with Crippen molar-refractivity contribution < 1.29 is 123 Å². The average molecular weight is 1450 g/mol. The number of aliphatic hydroxyl groups excluding tert-OH is 7. The minimum atomic E-state index is -2.37. The van der Waals surface area contributed by atoms with E-state index in [0.717, 1.165) is 72.8 Å². The van der Waals surface area contributed by atoms with Gasteiger partial charge in [-0.1, -0.05) is 55.2 Å². The first-order chi connectivity index (χ1) is 47.7. The highest BCUT2D eigenvalue weighted by molar-refractivity contribution is 6.32. The molecule has 101 heavy (non-hydrogen) atoms. The summed E-state index contributed by atoms with van der Waals surface area (Å²) >= 11 is 14.1.